The normalized spacial score (nSPS) is 20.5. The number of hydrogen-bond acceptors (Lipinski definition) is 4. The number of carbonyl (C=O) groups excluding carboxylic acids is 1. The van der Waals surface area contributed by atoms with E-state index in [2.05, 4.69) is 10.6 Å². The third kappa shape index (κ3) is 5.67. The number of amides is 2. The first-order valence-electron chi connectivity index (χ1n) is 13.1. The van der Waals surface area contributed by atoms with Crippen molar-refractivity contribution in [3.05, 3.63) is 72.4 Å². The molecule has 0 aliphatic heterocycles. The SMILES string of the molecule is N[C@H]1CC[C@H](CC(=O)Nc2cnc(-c3ccc(C4(NC(=O)O)CCC4)cc3)c(-c3ccccc3)c2)CC1. The van der Waals surface area contributed by atoms with Gasteiger partial charge in [0.05, 0.1) is 23.1 Å². The number of nitrogens with zero attached hydrogens (tertiary/aromatic N) is 1. The first-order valence-corrected chi connectivity index (χ1v) is 13.1. The number of pyridine rings is 1. The maximum absolute atomic E-state index is 12.8. The molecule has 37 heavy (non-hydrogen) atoms. The summed E-state index contributed by atoms with van der Waals surface area (Å²) in [6.07, 6.45) is 7.79. The van der Waals surface area contributed by atoms with Crippen LogP contribution in [0.25, 0.3) is 22.4 Å². The Bertz CT molecular complexity index is 1250. The predicted molar refractivity (Wildman–Crippen MR) is 145 cm³/mol. The van der Waals surface area contributed by atoms with Gasteiger partial charge in [-0.15, -0.1) is 0 Å². The Morgan fingerprint density at radius 3 is 2.30 bits per heavy atom. The van der Waals surface area contributed by atoms with Gasteiger partial charge in [0.2, 0.25) is 5.91 Å². The summed E-state index contributed by atoms with van der Waals surface area (Å²) in [4.78, 5) is 28.9. The molecule has 1 aromatic heterocycles. The molecule has 0 bridgehead atoms. The van der Waals surface area contributed by atoms with E-state index in [-0.39, 0.29) is 11.9 Å². The third-order valence-electron chi connectivity index (χ3n) is 7.89. The fourth-order valence-electron chi connectivity index (χ4n) is 5.64. The van der Waals surface area contributed by atoms with Crippen LogP contribution in [0.3, 0.4) is 0 Å². The van der Waals surface area contributed by atoms with E-state index in [9.17, 15) is 14.7 Å². The van der Waals surface area contributed by atoms with Crippen LogP contribution in [-0.2, 0) is 10.3 Å². The lowest BCUT2D eigenvalue weighted by molar-refractivity contribution is -0.117. The van der Waals surface area contributed by atoms with E-state index in [4.69, 9.17) is 10.7 Å². The fraction of sp³-hybridized carbons (Fsp3) is 0.367. The zero-order chi connectivity index (χ0) is 25.8. The quantitative estimate of drug-likeness (QED) is 0.323. The molecular formula is C30H34N4O3. The number of anilines is 1. The van der Waals surface area contributed by atoms with Gasteiger partial charge in [0, 0.05) is 23.6 Å². The average molecular weight is 499 g/mol. The standard InChI is InChI=1S/C30H34N4O3/c31-24-13-7-20(8-14-24)17-27(35)33-25-18-26(21-5-2-1-3-6-21)28(32-19-25)22-9-11-23(12-10-22)30(15-4-16-30)34-29(36)37/h1-3,5-6,9-12,18-20,24,34H,4,7-8,13-17,31H2,(H,33,35)(H,36,37)/t20-,24-. The van der Waals surface area contributed by atoms with Crippen LogP contribution >= 0.6 is 0 Å². The zero-order valence-corrected chi connectivity index (χ0v) is 21.0. The molecule has 5 N–H and O–H groups in total. The summed E-state index contributed by atoms with van der Waals surface area (Å²) in [6.45, 7) is 0. The van der Waals surface area contributed by atoms with Crippen molar-refractivity contribution in [2.24, 2.45) is 11.7 Å². The molecule has 2 aliphatic carbocycles. The largest absolute Gasteiger partial charge is 0.465 e. The van der Waals surface area contributed by atoms with Crippen molar-refractivity contribution in [3.63, 3.8) is 0 Å². The van der Waals surface area contributed by atoms with Gasteiger partial charge in [-0.3, -0.25) is 9.78 Å². The smallest absolute Gasteiger partial charge is 0.405 e. The minimum absolute atomic E-state index is 0.00936. The molecule has 0 atom stereocenters. The molecule has 7 heteroatoms. The number of carbonyl (C=O) groups is 2. The van der Waals surface area contributed by atoms with Gasteiger partial charge in [-0.2, -0.15) is 0 Å². The summed E-state index contributed by atoms with van der Waals surface area (Å²) in [5.41, 5.74) is 10.8. The number of nitrogens with one attached hydrogen (secondary N) is 2. The summed E-state index contributed by atoms with van der Waals surface area (Å²) >= 11 is 0. The van der Waals surface area contributed by atoms with Crippen LogP contribution in [0.5, 0.6) is 0 Å². The lowest BCUT2D eigenvalue weighted by Crippen LogP contribution is -2.50. The Hall–Kier alpha value is -3.71. The summed E-state index contributed by atoms with van der Waals surface area (Å²) in [5.74, 6) is 0.392. The second-order valence-corrected chi connectivity index (χ2v) is 10.5. The minimum Gasteiger partial charge on any atom is -0.465 e. The molecule has 3 aromatic rings. The Balaban J connectivity index is 1.39. The lowest BCUT2D eigenvalue weighted by Gasteiger charge is -2.42. The molecule has 0 radical (unpaired) electrons. The monoisotopic (exact) mass is 498 g/mol. The highest BCUT2D eigenvalue weighted by molar-refractivity contribution is 5.93. The lowest BCUT2D eigenvalue weighted by atomic mass is 9.71. The number of benzene rings is 2. The van der Waals surface area contributed by atoms with E-state index in [1.165, 1.54) is 0 Å². The Labute approximate surface area is 217 Å². The van der Waals surface area contributed by atoms with Crippen molar-refractivity contribution in [1.29, 1.82) is 0 Å². The van der Waals surface area contributed by atoms with E-state index >= 15 is 0 Å². The molecule has 0 unspecified atom stereocenters. The van der Waals surface area contributed by atoms with Crippen molar-refractivity contribution in [2.75, 3.05) is 5.32 Å². The molecule has 5 rings (SSSR count). The first-order chi connectivity index (χ1) is 17.9. The zero-order valence-electron chi connectivity index (χ0n) is 21.0. The first kappa shape index (κ1) is 25.0. The second kappa shape index (κ2) is 10.7. The van der Waals surface area contributed by atoms with Crippen LogP contribution in [0.1, 0.15) is 56.9 Å². The average Bonchev–Trinajstić information content (AvgIpc) is 2.88. The van der Waals surface area contributed by atoms with Crippen molar-refractivity contribution in [3.8, 4) is 22.4 Å². The summed E-state index contributed by atoms with van der Waals surface area (Å²) in [6, 6.07) is 20.3. The van der Waals surface area contributed by atoms with Crippen LogP contribution in [0.15, 0.2) is 66.9 Å². The van der Waals surface area contributed by atoms with Crippen LogP contribution in [0, 0.1) is 5.92 Å². The van der Waals surface area contributed by atoms with E-state index in [0.29, 0.717) is 18.0 Å². The molecule has 2 fully saturated rings. The third-order valence-corrected chi connectivity index (χ3v) is 7.89. The topological polar surface area (TPSA) is 117 Å². The molecule has 0 saturated heterocycles. The molecule has 192 valence electrons. The highest BCUT2D eigenvalue weighted by Gasteiger charge is 2.40. The van der Waals surface area contributed by atoms with Gasteiger partial charge < -0.3 is 21.5 Å². The van der Waals surface area contributed by atoms with Crippen LogP contribution in [0.4, 0.5) is 10.5 Å². The molecule has 7 nitrogen and oxygen atoms in total. The van der Waals surface area contributed by atoms with Crippen molar-refractivity contribution in [2.45, 2.75) is 62.9 Å². The molecular weight excluding hydrogens is 464 g/mol. The van der Waals surface area contributed by atoms with Gasteiger partial charge in [-0.25, -0.2) is 4.79 Å². The van der Waals surface area contributed by atoms with Gasteiger partial charge >= 0.3 is 6.09 Å². The van der Waals surface area contributed by atoms with E-state index in [0.717, 1.165) is 72.9 Å². The molecule has 2 amide bonds. The van der Waals surface area contributed by atoms with Gasteiger partial charge in [0.1, 0.15) is 0 Å². The van der Waals surface area contributed by atoms with E-state index in [1.54, 1.807) is 6.20 Å². The number of hydrogen-bond donors (Lipinski definition) is 4. The molecule has 0 spiro atoms. The molecule has 1 heterocycles. The van der Waals surface area contributed by atoms with Crippen LogP contribution < -0.4 is 16.4 Å². The van der Waals surface area contributed by atoms with E-state index in [1.807, 2.05) is 60.7 Å². The Kier molecular flexibility index (Phi) is 7.24. The highest BCUT2D eigenvalue weighted by atomic mass is 16.4. The number of nitrogens with two attached hydrogens (primary N) is 1. The number of rotatable bonds is 7. The predicted octanol–water partition coefficient (Wildman–Crippen LogP) is 5.91. The molecule has 2 saturated carbocycles. The van der Waals surface area contributed by atoms with Crippen molar-refractivity contribution < 1.29 is 14.7 Å². The van der Waals surface area contributed by atoms with Gasteiger partial charge in [-0.1, -0.05) is 54.6 Å². The summed E-state index contributed by atoms with van der Waals surface area (Å²) in [5, 5.41) is 15.1. The summed E-state index contributed by atoms with van der Waals surface area (Å²) in [7, 11) is 0. The van der Waals surface area contributed by atoms with Crippen LogP contribution in [0.2, 0.25) is 0 Å². The van der Waals surface area contributed by atoms with E-state index < -0.39 is 11.6 Å². The number of carboxylic acid groups (broad SMARTS) is 1. The Morgan fingerprint density at radius 2 is 1.68 bits per heavy atom. The van der Waals surface area contributed by atoms with Crippen molar-refractivity contribution >= 4 is 17.7 Å². The molecule has 2 aromatic carbocycles. The molecule has 2 aliphatic rings. The van der Waals surface area contributed by atoms with Gasteiger partial charge in [0.15, 0.2) is 0 Å². The van der Waals surface area contributed by atoms with Gasteiger partial charge in [0.25, 0.3) is 0 Å². The maximum Gasteiger partial charge on any atom is 0.405 e. The minimum atomic E-state index is -0.999. The maximum atomic E-state index is 12.8. The number of aromatic nitrogens is 1. The fourth-order valence-corrected chi connectivity index (χ4v) is 5.64. The van der Waals surface area contributed by atoms with Crippen LogP contribution in [-0.4, -0.2) is 28.1 Å². The second-order valence-electron chi connectivity index (χ2n) is 10.5. The highest BCUT2D eigenvalue weighted by Crippen LogP contribution is 2.42. The van der Waals surface area contributed by atoms with Crippen molar-refractivity contribution in [1.82, 2.24) is 10.3 Å². The summed E-state index contributed by atoms with van der Waals surface area (Å²) < 4.78 is 0. The Morgan fingerprint density at radius 1 is 0.973 bits per heavy atom. The van der Waals surface area contributed by atoms with Gasteiger partial charge in [-0.05, 0) is 68.1 Å².